The van der Waals surface area contributed by atoms with E-state index in [-0.39, 0.29) is 11.3 Å². The fraction of sp³-hybridized carbons (Fsp3) is 0.143. The van der Waals surface area contributed by atoms with Crippen molar-refractivity contribution in [2.75, 3.05) is 6.54 Å². The van der Waals surface area contributed by atoms with Crippen LogP contribution in [0.15, 0.2) is 47.1 Å². The monoisotopic (exact) mass is 259 g/mol. The van der Waals surface area contributed by atoms with Crippen molar-refractivity contribution in [3.05, 3.63) is 59.5 Å². The van der Waals surface area contributed by atoms with Gasteiger partial charge in [-0.05, 0) is 18.1 Å². The molecule has 19 heavy (non-hydrogen) atoms. The summed E-state index contributed by atoms with van der Waals surface area (Å²) in [6, 6.07) is 10.9. The molecule has 1 heterocycles. The van der Waals surface area contributed by atoms with Crippen molar-refractivity contribution in [3.8, 4) is 0 Å². The summed E-state index contributed by atoms with van der Waals surface area (Å²) in [6.07, 6.45) is 1.87. The lowest BCUT2D eigenvalue weighted by molar-refractivity contribution is 0.0688. The van der Waals surface area contributed by atoms with Gasteiger partial charge in [-0.1, -0.05) is 30.3 Å². The van der Waals surface area contributed by atoms with Crippen molar-refractivity contribution in [3.63, 3.8) is 0 Å². The van der Waals surface area contributed by atoms with Crippen molar-refractivity contribution in [2.45, 2.75) is 6.42 Å². The molecule has 0 bridgehead atoms. The quantitative estimate of drug-likeness (QED) is 0.860. The topological polar surface area (TPSA) is 79.5 Å². The van der Waals surface area contributed by atoms with Gasteiger partial charge in [0, 0.05) is 6.54 Å². The molecule has 98 valence electrons. The molecule has 5 heteroatoms. The Balaban J connectivity index is 1.91. The van der Waals surface area contributed by atoms with Gasteiger partial charge in [-0.3, -0.25) is 4.79 Å². The van der Waals surface area contributed by atoms with E-state index in [0.717, 1.165) is 5.56 Å². The lowest BCUT2D eigenvalue weighted by atomic mass is 10.1. The predicted molar refractivity (Wildman–Crippen MR) is 68.1 cm³/mol. The van der Waals surface area contributed by atoms with Gasteiger partial charge in [-0.25, -0.2) is 4.79 Å². The van der Waals surface area contributed by atoms with E-state index < -0.39 is 11.9 Å². The number of amides is 1. The van der Waals surface area contributed by atoms with E-state index in [1.807, 2.05) is 30.3 Å². The van der Waals surface area contributed by atoms with Gasteiger partial charge >= 0.3 is 5.97 Å². The molecule has 0 fully saturated rings. The summed E-state index contributed by atoms with van der Waals surface area (Å²) < 4.78 is 4.90. The molecule has 2 N–H and O–H groups in total. The molecule has 1 aromatic carbocycles. The van der Waals surface area contributed by atoms with E-state index in [1.54, 1.807) is 0 Å². The number of carboxylic acids is 1. The fourth-order valence-electron chi connectivity index (χ4n) is 1.70. The van der Waals surface area contributed by atoms with Crippen LogP contribution in [0, 0.1) is 0 Å². The second-order valence-corrected chi connectivity index (χ2v) is 3.96. The Labute approximate surface area is 109 Å². The van der Waals surface area contributed by atoms with Gasteiger partial charge in [-0.15, -0.1) is 0 Å². The first kappa shape index (κ1) is 12.9. The SMILES string of the molecule is O=C(O)c1ccoc1C(=O)NCCc1ccccc1. The minimum absolute atomic E-state index is 0.128. The Bertz CT molecular complexity index is 574. The van der Waals surface area contributed by atoms with Gasteiger partial charge < -0.3 is 14.8 Å². The Kier molecular flexibility index (Phi) is 3.97. The molecule has 0 aliphatic rings. The van der Waals surface area contributed by atoms with Crippen LogP contribution >= 0.6 is 0 Å². The molecule has 0 aliphatic carbocycles. The average Bonchev–Trinajstić information content (AvgIpc) is 2.89. The summed E-state index contributed by atoms with van der Waals surface area (Å²) >= 11 is 0. The number of carboxylic acid groups (broad SMARTS) is 1. The molecule has 0 spiro atoms. The van der Waals surface area contributed by atoms with Crippen LogP contribution in [0.4, 0.5) is 0 Å². The molecule has 0 saturated heterocycles. The number of furan rings is 1. The zero-order chi connectivity index (χ0) is 13.7. The number of nitrogens with one attached hydrogen (secondary N) is 1. The predicted octanol–water partition coefficient (Wildman–Crippen LogP) is 1.95. The van der Waals surface area contributed by atoms with Crippen LogP contribution < -0.4 is 5.32 Å². The molecule has 0 atom stereocenters. The second-order valence-electron chi connectivity index (χ2n) is 3.96. The Morgan fingerprint density at radius 3 is 2.58 bits per heavy atom. The van der Waals surface area contributed by atoms with Crippen molar-refractivity contribution >= 4 is 11.9 Å². The molecule has 1 aromatic heterocycles. The number of hydrogen-bond donors (Lipinski definition) is 2. The van der Waals surface area contributed by atoms with Crippen LogP contribution in [0.25, 0.3) is 0 Å². The molecule has 0 aliphatic heterocycles. The standard InChI is InChI=1S/C14H13NO4/c16-13(12-11(14(17)18)7-9-19-12)15-8-6-10-4-2-1-3-5-10/h1-5,7,9H,6,8H2,(H,15,16)(H,17,18). The fourth-order valence-corrected chi connectivity index (χ4v) is 1.70. The van der Waals surface area contributed by atoms with Gasteiger partial charge in [-0.2, -0.15) is 0 Å². The minimum atomic E-state index is -1.18. The Hall–Kier alpha value is -2.56. The highest BCUT2D eigenvalue weighted by Gasteiger charge is 2.19. The van der Waals surface area contributed by atoms with Crippen LogP contribution in [-0.4, -0.2) is 23.5 Å². The number of hydrogen-bond acceptors (Lipinski definition) is 3. The first-order chi connectivity index (χ1) is 9.18. The normalized spacial score (nSPS) is 10.1. The number of rotatable bonds is 5. The van der Waals surface area contributed by atoms with Crippen molar-refractivity contribution in [1.29, 1.82) is 0 Å². The van der Waals surface area contributed by atoms with Gasteiger partial charge in [0.15, 0.2) is 0 Å². The van der Waals surface area contributed by atoms with Crippen LogP contribution in [0.2, 0.25) is 0 Å². The van der Waals surface area contributed by atoms with E-state index in [9.17, 15) is 9.59 Å². The molecular formula is C14H13NO4. The average molecular weight is 259 g/mol. The van der Waals surface area contributed by atoms with Gasteiger partial charge in [0.1, 0.15) is 5.56 Å². The van der Waals surface area contributed by atoms with E-state index in [4.69, 9.17) is 9.52 Å². The third kappa shape index (κ3) is 3.22. The first-order valence-electron chi connectivity index (χ1n) is 5.81. The van der Waals surface area contributed by atoms with Crippen LogP contribution in [0.5, 0.6) is 0 Å². The summed E-state index contributed by atoms with van der Waals surface area (Å²) in [4.78, 5) is 22.6. The zero-order valence-corrected chi connectivity index (χ0v) is 10.1. The third-order valence-electron chi connectivity index (χ3n) is 2.64. The molecular weight excluding hydrogens is 246 g/mol. The zero-order valence-electron chi connectivity index (χ0n) is 10.1. The van der Waals surface area contributed by atoms with Crippen LogP contribution in [0.1, 0.15) is 26.5 Å². The van der Waals surface area contributed by atoms with Crippen molar-refractivity contribution < 1.29 is 19.1 Å². The summed E-state index contributed by atoms with van der Waals surface area (Å²) in [5, 5.41) is 11.5. The molecule has 0 radical (unpaired) electrons. The van der Waals surface area contributed by atoms with Crippen molar-refractivity contribution in [2.24, 2.45) is 0 Å². The molecule has 0 saturated carbocycles. The first-order valence-corrected chi connectivity index (χ1v) is 5.81. The number of aromatic carboxylic acids is 1. The maximum absolute atomic E-state index is 11.8. The highest BCUT2D eigenvalue weighted by atomic mass is 16.4. The summed E-state index contributed by atoms with van der Waals surface area (Å²) in [5.74, 6) is -1.86. The van der Waals surface area contributed by atoms with E-state index >= 15 is 0 Å². The van der Waals surface area contributed by atoms with E-state index in [2.05, 4.69) is 5.32 Å². The minimum Gasteiger partial charge on any atom is -0.478 e. The maximum Gasteiger partial charge on any atom is 0.339 e. The Morgan fingerprint density at radius 1 is 1.16 bits per heavy atom. The van der Waals surface area contributed by atoms with E-state index in [1.165, 1.54) is 12.3 Å². The lowest BCUT2D eigenvalue weighted by Gasteiger charge is -2.04. The highest BCUT2D eigenvalue weighted by Crippen LogP contribution is 2.10. The Morgan fingerprint density at radius 2 is 1.89 bits per heavy atom. The number of benzene rings is 1. The third-order valence-corrected chi connectivity index (χ3v) is 2.64. The summed E-state index contributed by atoms with van der Waals surface area (Å²) in [7, 11) is 0. The molecule has 2 aromatic rings. The molecule has 2 rings (SSSR count). The van der Waals surface area contributed by atoms with Gasteiger partial charge in [0.25, 0.3) is 5.91 Å². The highest BCUT2D eigenvalue weighted by molar-refractivity contribution is 6.02. The smallest absolute Gasteiger partial charge is 0.339 e. The lowest BCUT2D eigenvalue weighted by Crippen LogP contribution is -2.26. The molecule has 1 amide bonds. The van der Waals surface area contributed by atoms with Gasteiger partial charge in [0.05, 0.1) is 6.26 Å². The summed E-state index contributed by atoms with van der Waals surface area (Å²) in [5.41, 5.74) is 0.970. The van der Waals surface area contributed by atoms with Crippen molar-refractivity contribution in [1.82, 2.24) is 5.32 Å². The molecule has 5 nitrogen and oxygen atoms in total. The van der Waals surface area contributed by atoms with E-state index in [0.29, 0.717) is 13.0 Å². The van der Waals surface area contributed by atoms with Crippen LogP contribution in [-0.2, 0) is 6.42 Å². The second kappa shape index (κ2) is 5.86. The van der Waals surface area contributed by atoms with Gasteiger partial charge in [0.2, 0.25) is 5.76 Å². The molecule has 0 unspecified atom stereocenters. The summed E-state index contributed by atoms with van der Waals surface area (Å²) in [6.45, 7) is 0.419. The van der Waals surface area contributed by atoms with Crippen LogP contribution in [0.3, 0.4) is 0 Å². The maximum atomic E-state index is 11.8. The number of carbonyl (C=O) groups excluding carboxylic acids is 1. The number of carbonyl (C=O) groups is 2. The largest absolute Gasteiger partial charge is 0.478 e.